The maximum absolute atomic E-state index is 10.8. The molecule has 5 heteroatoms. The van der Waals surface area contributed by atoms with Crippen molar-refractivity contribution in [2.45, 2.75) is 20.0 Å². The highest BCUT2D eigenvalue weighted by atomic mass is 16.4. The maximum Gasteiger partial charge on any atom is 0.339 e. The van der Waals surface area contributed by atoms with Gasteiger partial charge in [-0.25, -0.2) is 4.79 Å². The first-order chi connectivity index (χ1) is 8.16. The average molecular weight is 235 g/mol. The number of furan rings is 2. The molecule has 0 aromatic carbocycles. The molecule has 0 aliphatic heterocycles. The summed E-state index contributed by atoms with van der Waals surface area (Å²) in [6.07, 6.45) is 3.26. The van der Waals surface area contributed by atoms with Crippen molar-refractivity contribution in [2.75, 3.05) is 0 Å². The van der Waals surface area contributed by atoms with Crippen molar-refractivity contribution in [1.82, 2.24) is 5.32 Å². The molecule has 0 unspecified atom stereocenters. The number of carboxylic acid groups (broad SMARTS) is 1. The molecule has 2 N–H and O–H groups in total. The minimum Gasteiger partial charge on any atom is -0.478 e. The lowest BCUT2D eigenvalue weighted by molar-refractivity contribution is 0.0695. The lowest BCUT2D eigenvalue weighted by Gasteiger charge is -1.99. The fraction of sp³-hybridized carbons (Fsp3) is 0.250. The maximum atomic E-state index is 10.8. The van der Waals surface area contributed by atoms with Gasteiger partial charge in [-0.2, -0.15) is 0 Å². The van der Waals surface area contributed by atoms with Crippen LogP contribution >= 0.6 is 0 Å². The normalized spacial score (nSPS) is 10.6. The number of aromatic carboxylic acids is 1. The van der Waals surface area contributed by atoms with Gasteiger partial charge in [0.1, 0.15) is 17.1 Å². The molecule has 2 aromatic heterocycles. The number of carboxylic acids is 1. The third-order valence-corrected chi connectivity index (χ3v) is 2.41. The molecule has 0 aliphatic rings. The zero-order valence-corrected chi connectivity index (χ0v) is 9.40. The topological polar surface area (TPSA) is 75.6 Å². The average Bonchev–Trinajstić information content (AvgIpc) is 2.88. The summed E-state index contributed by atoms with van der Waals surface area (Å²) in [7, 11) is 0. The monoisotopic (exact) mass is 235 g/mol. The molecule has 0 aliphatic carbocycles. The van der Waals surface area contributed by atoms with Crippen LogP contribution in [0.2, 0.25) is 0 Å². The summed E-state index contributed by atoms with van der Waals surface area (Å²) in [5.41, 5.74) is 1.25. The van der Waals surface area contributed by atoms with E-state index in [9.17, 15) is 4.79 Å². The van der Waals surface area contributed by atoms with E-state index < -0.39 is 5.97 Å². The van der Waals surface area contributed by atoms with Crippen LogP contribution in [-0.4, -0.2) is 11.1 Å². The highest BCUT2D eigenvalue weighted by Crippen LogP contribution is 2.14. The first-order valence-electron chi connectivity index (χ1n) is 5.21. The summed E-state index contributed by atoms with van der Waals surface area (Å²) < 4.78 is 10.3. The van der Waals surface area contributed by atoms with Crippen molar-refractivity contribution in [1.29, 1.82) is 0 Å². The van der Waals surface area contributed by atoms with Crippen LogP contribution < -0.4 is 5.32 Å². The van der Waals surface area contributed by atoms with Gasteiger partial charge >= 0.3 is 5.97 Å². The second-order valence-electron chi connectivity index (χ2n) is 3.72. The van der Waals surface area contributed by atoms with Gasteiger partial charge in [0.05, 0.1) is 19.1 Å². The summed E-state index contributed by atoms with van der Waals surface area (Å²) in [5.74, 6) is 0.0772. The Labute approximate surface area is 98.0 Å². The van der Waals surface area contributed by atoms with Crippen molar-refractivity contribution < 1.29 is 18.7 Å². The van der Waals surface area contributed by atoms with Gasteiger partial charge in [-0.3, -0.25) is 0 Å². The Morgan fingerprint density at radius 2 is 2.29 bits per heavy atom. The Balaban J connectivity index is 1.91. The molecule has 2 heterocycles. The van der Waals surface area contributed by atoms with Crippen LogP contribution in [0, 0.1) is 6.92 Å². The molecule has 90 valence electrons. The van der Waals surface area contributed by atoms with E-state index in [1.807, 2.05) is 6.07 Å². The quantitative estimate of drug-likeness (QED) is 0.830. The number of aryl methyl sites for hydroxylation is 1. The van der Waals surface area contributed by atoms with E-state index in [0.29, 0.717) is 24.6 Å². The van der Waals surface area contributed by atoms with E-state index in [4.69, 9.17) is 13.9 Å². The van der Waals surface area contributed by atoms with Gasteiger partial charge in [0.2, 0.25) is 0 Å². The molecule has 0 spiro atoms. The van der Waals surface area contributed by atoms with Gasteiger partial charge in [0.15, 0.2) is 0 Å². The molecule has 0 atom stereocenters. The summed E-state index contributed by atoms with van der Waals surface area (Å²) in [6, 6.07) is 3.41. The van der Waals surface area contributed by atoms with E-state index in [1.54, 1.807) is 25.5 Å². The van der Waals surface area contributed by atoms with Crippen molar-refractivity contribution in [3.8, 4) is 0 Å². The lowest BCUT2D eigenvalue weighted by atomic mass is 10.2. The molecule has 0 saturated carbocycles. The van der Waals surface area contributed by atoms with Crippen LogP contribution in [0.3, 0.4) is 0 Å². The van der Waals surface area contributed by atoms with Gasteiger partial charge < -0.3 is 19.3 Å². The van der Waals surface area contributed by atoms with Gasteiger partial charge in [0.25, 0.3) is 0 Å². The molecule has 0 fully saturated rings. The molecule has 0 saturated heterocycles. The second kappa shape index (κ2) is 4.88. The SMILES string of the molecule is Cc1oc(CNCc2ccoc2)cc1C(=O)O. The summed E-state index contributed by atoms with van der Waals surface area (Å²) in [6.45, 7) is 2.78. The lowest BCUT2D eigenvalue weighted by Crippen LogP contribution is -2.11. The molecule has 2 rings (SSSR count). The van der Waals surface area contributed by atoms with Crippen LogP contribution in [0.15, 0.2) is 33.5 Å². The number of carbonyl (C=O) groups is 1. The highest BCUT2D eigenvalue weighted by Gasteiger charge is 2.13. The van der Waals surface area contributed by atoms with E-state index in [1.165, 1.54) is 0 Å². The van der Waals surface area contributed by atoms with Gasteiger partial charge in [-0.1, -0.05) is 0 Å². The number of nitrogens with one attached hydrogen (secondary N) is 1. The van der Waals surface area contributed by atoms with E-state index >= 15 is 0 Å². The fourth-order valence-corrected chi connectivity index (χ4v) is 1.57. The molecule has 2 aromatic rings. The molecule has 0 amide bonds. The van der Waals surface area contributed by atoms with Crippen LogP contribution in [0.25, 0.3) is 0 Å². The van der Waals surface area contributed by atoms with E-state index in [0.717, 1.165) is 5.56 Å². The van der Waals surface area contributed by atoms with Crippen LogP contribution in [0.5, 0.6) is 0 Å². The minimum atomic E-state index is -0.965. The van der Waals surface area contributed by atoms with E-state index in [2.05, 4.69) is 5.32 Å². The third kappa shape index (κ3) is 2.76. The minimum absolute atomic E-state index is 0.213. The molecule has 0 radical (unpaired) electrons. The van der Waals surface area contributed by atoms with Crippen LogP contribution in [0.1, 0.15) is 27.4 Å². The van der Waals surface area contributed by atoms with Gasteiger partial charge in [0, 0.05) is 12.1 Å². The first-order valence-corrected chi connectivity index (χ1v) is 5.21. The molecule has 17 heavy (non-hydrogen) atoms. The second-order valence-corrected chi connectivity index (χ2v) is 3.72. The van der Waals surface area contributed by atoms with Gasteiger partial charge in [-0.15, -0.1) is 0 Å². The fourth-order valence-electron chi connectivity index (χ4n) is 1.57. The van der Waals surface area contributed by atoms with Crippen molar-refractivity contribution in [3.05, 3.63) is 47.3 Å². The first kappa shape index (κ1) is 11.5. The molecular weight excluding hydrogens is 222 g/mol. The van der Waals surface area contributed by atoms with Crippen molar-refractivity contribution in [3.63, 3.8) is 0 Å². The molecule has 0 bridgehead atoms. The van der Waals surface area contributed by atoms with E-state index in [-0.39, 0.29) is 5.56 Å². The number of hydrogen-bond acceptors (Lipinski definition) is 4. The van der Waals surface area contributed by atoms with Crippen LogP contribution in [0.4, 0.5) is 0 Å². The Morgan fingerprint density at radius 1 is 1.47 bits per heavy atom. The Morgan fingerprint density at radius 3 is 2.88 bits per heavy atom. The zero-order valence-electron chi connectivity index (χ0n) is 9.40. The smallest absolute Gasteiger partial charge is 0.339 e. The van der Waals surface area contributed by atoms with Crippen LogP contribution in [-0.2, 0) is 13.1 Å². The Bertz CT molecular complexity index is 499. The molecule has 5 nitrogen and oxygen atoms in total. The number of rotatable bonds is 5. The van der Waals surface area contributed by atoms with Crippen molar-refractivity contribution in [2.24, 2.45) is 0 Å². The predicted octanol–water partition coefficient (Wildman–Crippen LogP) is 2.17. The number of hydrogen-bond donors (Lipinski definition) is 2. The standard InChI is InChI=1S/C12H13NO4/c1-8-11(12(14)15)4-10(17-8)6-13-5-9-2-3-16-7-9/h2-4,7,13H,5-6H2,1H3,(H,14,15). The summed E-state index contributed by atoms with van der Waals surface area (Å²) in [5, 5.41) is 12.0. The predicted molar refractivity (Wildman–Crippen MR) is 59.7 cm³/mol. The summed E-state index contributed by atoms with van der Waals surface area (Å²) >= 11 is 0. The van der Waals surface area contributed by atoms with Gasteiger partial charge in [-0.05, 0) is 19.1 Å². The Kier molecular flexibility index (Phi) is 3.30. The highest BCUT2D eigenvalue weighted by molar-refractivity contribution is 5.88. The van der Waals surface area contributed by atoms with Crippen molar-refractivity contribution >= 4 is 5.97 Å². The Hall–Kier alpha value is -2.01. The largest absolute Gasteiger partial charge is 0.478 e. The summed E-state index contributed by atoms with van der Waals surface area (Å²) in [4.78, 5) is 10.8. The molecular formula is C12H13NO4. The third-order valence-electron chi connectivity index (χ3n) is 2.41. The zero-order chi connectivity index (χ0) is 12.3.